The van der Waals surface area contributed by atoms with E-state index >= 15 is 4.79 Å². The van der Waals surface area contributed by atoms with Crippen molar-refractivity contribution in [1.29, 1.82) is 0 Å². The van der Waals surface area contributed by atoms with E-state index in [0.717, 1.165) is 88.3 Å². The Morgan fingerprint density at radius 3 is 2.09 bits per heavy atom. The molecule has 0 radical (unpaired) electrons. The van der Waals surface area contributed by atoms with E-state index in [1.807, 2.05) is 0 Å². The first-order chi connectivity index (χ1) is 22.5. The van der Waals surface area contributed by atoms with Gasteiger partial charge in [0.05, 0.1) is 52.8 Å². The van der Waals surface area contributed by atoms with E-state index in [0.29, 0.717) is 17.2 Å². The molecule has 5 aromatic carbocycles. The lowest BCUT2D eigenvalue weighted by Gasteiger charge is -2.57. The molecule has 5 aromatic rings. The Morgan fingerprint density at radius 2 is 1.33 bits per heavy atom. The largest absolute Gasteiger partial charge is 0.496 e. The molecular formula is C39H28O7. The second-order valence-electron chi connectivity index (χ2n) is 13.0. The van der Waals surface area contributed by atoms with Gasteiger partial charge >= 0.3 is 0 Å². The quantitative estimate of drug-likeness (QED) is 0.155. The zero-order valence-corrected chi connectivity index (χ0v) is 25.9. The molecule has 7 nitrogen and oxygen atoms in total. The van der Waals surface area contributed by atoms with Gasteiger partial charge in [-0.05, 0) is 74.5 Å². The van der Waals surface area contributed by atoms with Crippen LogP contribution in [-0.2, 0) is 14.9 Å². The van der Waals surface area contributed by atoms with Crippen LogP contribution in [0.2, 0.25) is 0 Å². The summed E-state index contributed by atoms with van der Waals surface area (Å²) in [4.78, 5) is 15.1. The molecule has 0 unspecified atom stereocenters. The van der Waals surface area contributed by atoms with Gasteiger partial charge in [0.25, 0.3) is 0 Å². The van der Waals surface area contributed by atoms with Gasteiger partial charge in [-0.2, -0.15) is 0 Å². The maximum absolute atomic E-state index is 15.1. The molecule has 5 atom stereocenters. The third-order valence-electron chi connectivity index (χ3n) is 11.7. The molecule has 5 aliphatic carbocycles. The summed E-state index contributed by atoms with van der Waals surface area (Å²) in [7, 11) is 8.48. The fourth-order valence-corrected chi connectivity index (χ4v) is 10.3. The van der Waals surface area contributed by atoms with Gasteiger partial charge < -0.3 is 28.4 Å². The van der Waals surface area contributed by atoms with Crippen molar-refractivity contribution in [3.8, 4) is 28.7 Å². The van der Waals surface area contributed by atoms with E-state index in [1.165, 1.54) is 0 Å². The first-order valence-electron chi connectivity index (χ1n) is 15.6. The summed E-state index contributed by atoms with van der Waals surface area (Å²) in [6.07, 6.45) is 8.14. The second-order valence-corrected chi connectivity index (χ2v) is 13.0. The number of hydrogen-bond donors (Lipinski definition) is 0. The number of Topliss-reactive ketones (excluding diaryl/α,β-unsaturated/α-hetero) is 1. The summed E-state index contributed by atoms with van der Waals surface area (Å²) in [6.45, 7) is 0. The molecule has 0 fully saturated rings. The molecule has 0 aromatic heterocycles. The number of fused-ring (bicyclic) bond motifs is 5. The van der Waals surface area contributed by atoms with Crippen molar-refractivity contribution in [1.82, 2.24) is 0 Å². The molecule has 0 saturated carbocycles. The molecule has 4 bridgehead atoms. The van der Waals surface area contributed by atoms with Crippen molar-refractivity contribution >= 4 is 44.2 Å². The molecular weight excluding hydrogens is 580 g/mol. The van der Waals surface area contributed by atoms with Gasteiger partial charge in [-0.1, -0.05) is 24.3 Å². The molecule has 226 valence electrons. The summed E-state index contributed by atoms with van der Waals surface area (Å²) >= 11 is 0. The van der Waals surface area contributed by atoms with Gasteiger partial charge in [0.2, 0.25) is 0 Å². The zero-order valence-electron chi connectivity index (χ0n) is 25.9. The summed E-state index contributed by atoms with van der Waals surface area (Å²) in [5, 5.41) is 6.12. The fraction of sp³-hybridized carbons (Fsp3) is 0.256. The SMILES string of the molecule is COc1cc2c(c3c1[C@H]1C(=O)[C@H]4C=Cc5c(OC)c(OC)c6ccc7c(OC)cc8c(OC)cc1c1c8c7c6c5[C@]314)[C@H]1C=C[C@@H]2O1. The maximum Gasteiger partial charge on any atom is 0.169 e. The normalized spacial score (nSPS) is 25.8. The Hall–Kier alpha value is -5.01. The molecule has 2 heterocycles. The van der Waals surface area contributed by atoms with Crippen LogP contribution in [0.15, 0.2) is 48.6 Å². The monoisotopic (exact) mass is 608 g/mol. The second kappa shape index (κ2) is 7.85. The number of benzene rings is 5. The molecule has 1 spiro atoms. The minimum atomic E-state index is -0.862. The smallest absolute Gasteiger partial charge is 0.169 e. The zero-order chi connectivity index (χ0) is 31.0. The van der Waals surface area contributed by atoms with Gasteiger partial charge in [-0.25, -0.2) is 0 Å². The van der Waals surface area contributed by atoms with Crippen LogP contribution in [0.4, 0.5) is 0 Å². The highest BCUT2D eigenvalue weighted by Crippen LogP contribution is 2.73. The number of hydrogen-bond acceptors (Lipinski definition) is 7. The Bertz CT molecular complexity index is 2430. The fourth-order valence-electron chi connectivity index (χ4n) is 10.3. The predicted octanol–water partition coefficient (Wildman–Crippen LogP) is 7.19. The first-order valence-corrected chi connectivity index (χ1v) is 15.6. The molecule has 0 amide bonds. The van der Waals surface area contributed by atoms with E-state index in [4.69, 9.17) is 28.4 Å². The van der Waals surface area contributed by atoms with Crippen LogP contribution in [0.1, 0.15) is 62.6 Å². The Kier molecular flexibility index (Phi) is 4.30. The van der Waals surface area contributed by atoms with E-state index in [-0.39, 0.29) is 18.0 Å². The lowest BCUT2D eigenvalue weighted by molar-refractivity contribution is -0.124. The minimum absolute atomic E-state index is 0.146. The maximum atomic E-state index is 15.1. The van der Waals surface area contributed by atoms with Crippen molar-refractivity contribution in [3.05, 3.63) is 93.1 Å². The van der Waals surface area contributed by atoms with E-state index in [2.05, 4.69) is 54.6 Å². The van der Waals surface area contributed by atoms with Crippen LogP contribution >= 0.6 is 0 Å². The Labute approximate surface area is 263 Å². The van der Waals surface area contributed by atoms with E-state index in [9.17, 15) is 0 Å². The highest BCUT2D eigenvalue weighted by atomic mass is 16.5. The number of ketones is 1. The molecule has 7 aliphatic rings. The third kappa shape index (κ3) is 2.31. The summed E-state index contributed by atoms with van der Waals surface area (Å²) < 4.78 is 37.2. The van der Waals surface area contributed by atoms with Gasteiger partial charge in [0.15, 0.2) is 17.3 Å². The number of ether oxygens (including phenoxy) is 6. The number of carbonyl (C=O) groups excluding carboxylic acids is 1. The summed E-state index contributed by atoms with van der Waals surface area (Å²) in [5.74, 6) is 2.72. The van der Waals surface area contributed by atoms with Gasteiger partial charge in [-0.15, -0.1) is 0 Å². The average Bonchev–Trinajstić information content (AvgIpc) is 3.71. The lowest BCUT2D eigenvalue weighted by atomic mass is 9.43. The van der Waals surface area contributed by atoms with Crippen LogP contribution in [0.25, 0.3) is 38.4 Å². The van der Waals surface area contributed by atoms with Crippen LogP contribution < -0.4 is 23.7 Å². The molecule has 0 saturated heterocycles. The first kappa shape index (κ1) is 25.2. The van der Waals surface area contributed by atoms with Crippen molar-refractivity contribution in [3.63, 3.8) is 0 Å². The van der Waals surface area contributed by atoms with Crippen LogP contribution in [0.3, 0.4) is 0 Å². The standard InChI is InChI=1S/C39H28O7/c1-41-24-12-19-25(42-2)14-20-31-32-26(43-3)13-18-22-10-11-23(46-22)27(18)35(32)39-21(36(31)40)9-8-17-33(39)29-16(37(44-4)38(17)45-5)7-6-15(24)28(29)30(19)34(20)39/h6-14,21-23,31H,1-5H3/t21-,22+,23-,31+,39+/m1/s1. The van der Waals surface area contributed by atoms with Crippen molar-refractivity contribution in [2.45, 2.75) is 23.5 Å². The topological polar surface area (TPSA) is 72.5 Å². The molecule has 12 rings (SSSR count). The lowest BCUT2D eigenvalue weighted by Crippen LogP contribution is -2.55. The Morgan fingerprint density at radius 1 is 0.630 bits per heavy atom. The summed E-state index contributed by atoms with van der Waals surface area (Å²) in [5.41, 5.74) is 7.63. The highest BCUT2D eigenvalue weighted by molar-refractivity contribution is 6.30. The Balaban J connectivity index is 1.50. The van der Waals surface area contributed by atoms with Gasteiger partial charge in [0, 0.05) is 32.7 Å². The average molecular weight is 609 g/mol. The van der Waals surface area contributed by atoms with Crippen LogP contribution in [-0.4, -0.2) is 41.3 Å². The number of rotatable bonds is 5. The highest BCUT2D eigenvalue weighted by Gasteiger charge is 2.66. The van der Waals surface area contributed by atoms with Crippen LogP contribution in [0.5, 0.6) is 28.7 Å². The van der Waals surface area contributed by atoms with Gasteiger partial charge in [0.1, 0.15) is 29.5 Å². The third-order valence-corrected chi connectivity index (χ3v) is 11.7. The van der Waals surface area contributed by atoms with Gasteiger partial charge in [-0.3, -0.25) is 4.79 Å². The summed E-state index contributed by atoms with van der Waals surface area (Å²) in [6, 6.07) is 10.5. The molecule has 0 N–H and O–H groups in total. The number of methoxy groups -OCH3 is 5. The number of allylic oxidation sites excluding steroid dienone is 1. The molecule has 46 heavy (non-hydrogen) atoms. The van der Waals surface area contributed by atoms with Crippen molar-refractivity contribution < 1.29 is 33.2 Å². The minimum Gasteiger partial charge on any atom is -0.496 e. The van der Waals surface area contributed by atoms with E-state index in [1.54, 1.807) is 35.5 Å². The molecule has 7 heteroatoms. The molecule has 2 aliphatic heterocycles. The van der Waals surface area contributed by atoms with E-state index < -0.39 is 17.3 Å². The number of carbonyl (C=O) groups is 1. The van der Waals surface area contributed by atoms with Crippen LogP contribution in [0, 0.1) is 5.92 Å². The predicted molar refractivity (Wildman–Crippen MR) is 173 cm³/mol. The van der Waals surface area contributed by atoms with Crippen molar-refractivity contribution in [2.24, 2.45) is 5.92 Å². The van der Waals surface area contributed by atoms with Crippen molar-refractivity contribution in [2.75, 3.05) is 35.5 Å².